The predicted octanol–water partition coefficient (Wildman–Crippen LogP) is 1.31. The highest BCUT2D eigenvalue weighted by molar-refractivity contribution is 9.10. The molecule has 2 heterocycles. The number of benzene rings is 1. The normalized spacial score (nSPS) is 14.8. The lowest BCUT2D eigenvalue weighted by atomic mass is 9.24. The first-order chi connectivity index (χ1) is 12.6. The minimum Gasteiger partial charge on any atom is -0.369 e. The summed E-state index contributed by atoms with van der Waals surface area (Å²) in [5, 5.41) is 3.10. The highest BCUT2D eigenvalue weighted by Gasteiger charge is 2.17. The third-order valence-corrected chi connectivity index (χ3v) is 4.72. The number of aromatic nitrogens is 2. The Labute approximate surface area is 164 Å². The van der Waals surface area contributed by atoms with Crippen molar-refractivity contribution < 1.29 is 0 Å². The van der Waals surface area contributed by atoms with E-state index in [1.807, 2.05) is 26.1 Å². The summed E-state index contributed by atoms with van der Waals surface area (Å²) in [6.45, 7) is 6.05. The average molecular weight is 411 g/mol. The van der Waals surface area contributed by atoms with E-state index in [9.17, 15) is 4.79 Å². The summed E-state index contributed by atoms with van der Waals surface area (Å²) >= 11 is 3.32. The lowest BCUT2D eigenvalue weighted by Gasteiger charge is -2.36. The third kappa shape index (κ3) is 4.74. The van der Waals surface area contributed by atoms with Crippen LogP contribution in [-0.4, -0.2) is 62.1 Å². The zero-order valence-electron chi connectivity index (χ0n) is 15.0. The Kier molecular flexibility index (Phi) is 6.48. The van der Waals surface area contributed by atoms with Crippen molar-refractivity contribution in [2.45, 2.75) is 6.82 Å². The Bertz CT molecular complexity index is 793. The first-order valence-corrected chi connectivity index (χ1v) is 9.41. The zero-order chi connectivity index (χ0) is 18.5. The van der Waals surface area contributed by atoms with Crippen LogP contribution in [0.4, 0.5) is 17.2 Å². The number of piperazine rings is 1. The molecule has 0 amide bonds. The van der Waals surface area contributed by atoms with Crippen molar-refractivity contribution in [3.8, 4) is 0 Å². The lowest BCUT2D eigenvalue weighted by molar-refractivity contribution is 0.412. The number of hydrogen-bond donors (Lipinski definition) is 1. The maximum atomic E-state index is 12.1. The van der Waals surface area contributed by atoms with Gasteiger partial charge in [0.2, 0.25) is 0 Å². The van der Waals surface area contributed by atoms with Crippen LogP contribution in [0.1, 0.15) is 0 Å². The monoisotopic (exact) mass is 410 g/mol. The lowest BCUT2D eigenvalue weighted by Crippen LogP contribution is -2.49. The van der Waals surface area contributed by atoms with Crippen molar-refractivity contribution in [1.82, 2.24) is 14.4 Å². The van der Waals surface area contributed by atoms with E-state index in [4.69, 9.17) is 0 Å². The second-order valence-corrected chi connectivity index (χ2v) is 7.01. The molecule has 131 valence electrons. The van der Waals surface area contributed by atoms with E-state index in [0.717, 1.165) is 31.9 Å². The van der Waals surface area contributed by atoms with Crippen molar-refractivity contribution >= 4 is 54.7 Å². The molecule has 1 saturated heterocycles. The van der Waals surface area contributed by atoms with E-state index >= 15 is 0 Å². The number of halogens is 1. The van der Waals surface area contributed by atoms with Crippen molar-refractivity contribution in [1.29, 1.82) is 0 Å². The smallest absolute Gasteiger partial charge is 0.293 e. The Morgan fingerprint density at radius 2 is 1.85 bits per heavy atom. The molecule has 0 spiro atoms. The van der Waals surface area contributed by atoms with E-state index in [-0.39, 0.29) is 5.56 Å². The first-order valence-electron chi connectivity index (χ1n) is 8.62. The van der Waals surface area contributed by atoms with Crippen LogP contribution in [-0.2, 0) is 7.05 Å². The molecular weight excluding hydrogens is 391 g/mol. The van der Waals surface area contributed by atoms with Gasteiger partial charge in [-0.05, 0) is 40.2 Å². The van der Waals surface area contributed by atoms with Gasteiger partial charge in [0.05, 0.1) is 7.17 Å². The minimum atomic E-state index is -0.161. The third-order valence-electron chi connectivity index (χ3n) is 4.34. The van der Waals surface area contributed by atoms with Crippen LogP contribution < -0.4 is 15.8 Å². The number of nitrogens with one attached hydrogen (secondary N) is 1. The van der Waals surface area contributed by atoms with Gasteiger partial charge in [0.25, 0.3) is 5.56 Å². The van der Waals surface area contributed by atoms with Gasteiger partial charge in [-0.1, -0.05) is 0 Å². The van der Waals surface area contributed by atoms with Gasteiger partial charge in [0.1, 0.15) is 11.9 Å². The summed E-state index contributed by atoms with van der Waals surface area (Å²) in [4.78, 5) is 21.1. The van der Waals surface area contributed by atoms with E-state index in [0.29, 0.717) is 10.4 Å². The summed E-state index contributed by atoms with van der Waals surface area (Å²) in [7, 11) is 7.98. The molecule has 1 N–H and O–H groups in total. The van der Waals surface area contributed by atoms with Crippen LogP contribution in [0.15, 0.2) is 39.9 Å². The van der Waals surface area contributed by atoms with Gasteiger partial charge in [-0.3, -0.25) is 4.79 Å². The SMILES string of the molecule is C[B][B][B]N1CCN(c2ccc(Nc3nc(Br)cn(C)c3=O)cc2)CC1. The van der Waals surface area contributed by atoms with Gasteiger partial charge in [-0.2, -0.15) is 0 Å². The molecule has 3 rings (SSSR count). The molecule has 3 radical (unpaired) electrons. The Balaban J connectivity index is 1.62. The molecule has 0 bridgehead atoms. The Morgan fingerprint density at radius 3 is 2.50 bits per heavy atom. The Morgan fingerprint density at radius 1 is 1.15 bits per heavy atom. The van der Waals surface area contributed by atoms with Crippen molar-refractivity contribution in [3.05, 3.63) is 45.4 Å². The topological polar surface area (TPSA) is 53.4 Å². The molecule has 1 aliphatic heterocycles. The number of hydrogen-bond acceptors (Lipinski definition) is 5. The van der Waals surface area contributed by atoms with Crippen LogP contribution in [0.5, 0.6) is 0 Å². The molecule has 0 atom stereocenters. The van der Waals surface area contributed by atoms with E-state index in [1.165, 1.54) is 10.3 Å². The highest BCUT2D eigenvalue weighted by atomic mass is 79.9. The fourth-order valence-electron chi connectivity index (χ4n) is 2.88. The van der Waals surface area contributed by atoms with Crippen LogP contribution in [0, 0.1) is 0 Å². The second kappa shape index (κ2) is 8.82. The van der Waals surface area contributed by atoms with Crippen LogP contribution in [0.25, 0.3) is 0 Å². The fraction of sp³-hybridized carbons (Fsp3) is 0.375. The van der Waals surface area contributed by atoms with Crippen molar-refractivity contribution in [2.24, 2.45) is 7.05 Å². The van der Waals surface area contributed by atoms with Gasteiger partial charge in [0.15, 0.2) is 5.82 Å². The molecule has 0 unspecified atom stereocenters. The molecule has 0 aliphatic carbocycles. The fourth-order valence-corrected chi connectivity index (χ4v) is 3.36. The van der Waals surface area contributed by atoms with Gasteiger partial charge in [-0.15, -0.1) is 6.82 Å². The number of aryl methyl sites for hydroxylation is 1. The summed E-state index contributed by atoms with van der Waals surface area (Å²) in [6.07, 6.45) is 1.64. The van der Waals surface area contributed by atoms with E-state index in [1.54, 1.807) is 13.2 Å². The zero-order valence-corrected chi connectivity index (χ0v) is 16.6. The van der Waals surface area contributed by atoms with Gasteiger partial charge in [0, 0.05) is 57.9 Å². The number of anilines is 3. The standard InChI is InChI=1S/C16H20B3BrN5O/c1-17-18-19-25-9-7-24(8-10-25)13-5-3-12(4-6-13)21-15-16(26)23(2)11-14(20)22-15/h3-6,11H,7-10H2,1-2H3,(H,21,22). The van der Waals surface area contributed by atoms with Gasteiger partial charge >= 0.3 is 0 Å². The number of nitrogens with zero attached hydrogens (tertiary/aromatic N) is 4. The molecule has 26 heavy (non-hydrogen) atoms. The molecule has 1 aromatic heterocycles. The first kappa shape index (κ1) is 19.1. The predicted molar refractivity (Wildman–Crippen MR) is 114 cm³/mol. The maximum absolute atomic E-state index is 12.1. The van der Waals surface area contributed by atoms with Gasteiger partial charge < -0.3 is 19.6 Å². The molecule has 1 fully saturated rings. The number of rotatable bonds is 6. The van der Waals surface area contributed by atoms with Crippen LogP contribution in [0.2, 0.25) is 6.82 Å². The quantitative estimate of drug-likeness (QED) is 0.728. The summed E-state index contributed by atoms with van der Waals surface area (Å²) in [6, 6.07) is 8.12. The van der Waals surface area contributed by atoms with E-state index in [2.05, 4.69) is 62.4 Å². The van der Waals surface area contributed by atoms with Crippen molar-refractivity contribution in [2.75, 3.05) is 36.4 Å². The van der Waals surface area contributed by atoms with E-state index < -0.39 is 0 Å². The maximum Gasteiger partial charge on any atom is 0.293 e. The molecule has 0 saturated carbocycles. The highest BCUT2D eigenvalue weighted by Crippen LogP contribution is 2.21. The van der Waals surface area contributed by atoms with Gasteiger partial charge in [-0.25, -0.2) is 4.98 Å². The largest absolute Gasteiger partial charge is 0.369 e. The molecular formula is C16H20B3BrN5O. The molecule has 10 heteroatoms. The van der Waals surface area contributed by atoms with Crippen LogP contribution in [0.3, 0.4) is 0 Å². The summed E-state index contributed by atoms with van der Waals surface area (Å²) in [5.74, 6) is 0.308. The minimum absolute atomic E-state index is 0.161. The average Bonchev–Trinajstić information content (AvgIpc) is 2.65. The summed E-state index contributed by atoms with van der Waals surface area (Å²) in [5.41, 5.74) is 1.87. The van der Waals surface area contributed by atoms with Crippen molar-refractivity contribution in [3.63, 3.8) is 0 Å². The molecule has 1 aliphatic rings. The molecule has 2 aromatic rings. The molecule has 6 nitrogen and oxygen atoms in total. The Hall–Kier alpha value is -1.67. The second-order valence-electron chi connectivity index (χ2n) is 6.20. The summed E-state index contributed by atoms with van der Waals surface area (Å²) < 4.78 is 2.11. The molecule has 1 aromatic carbocycles. The van der Waals surface area contributed by atoms with Crippen LogP contribution >= 0.6 is 15.9 Å².